The molecule has 0 unspecified atom stereocenters. The van der Waals surface area contributed by atoms with E-state index in [4.69, 9.17) is 4.74 Å². The van der Waals surface area contributed by atoms with Crippen LogP contribution in [0, 0.1) is 19.7 Å². The van der Waals surface area contributed by atoms with Crippen LogP contribution in [0.4, 0.5) is 10.1 Å². The van der Waals surface area contributed by atoms with Gasteiger partial charge in [0.2, 0.25) is 5.91 Å². The maximum absolute atomic E-state index is 15.7. The molecule has 1 aliphatic heterocycles. The molecule has 0 aliphatic carbocycles. The molecule has 1 fully saturated rings. The Morgan fingerprint density at radius 3 is 2.52 bits per heavy atom. The third-order valence-corrected chi connectivity index (χ3v) is 8.18. The highest BCUT2D eigenvalue weighted by molar-refractivity contribution is 6.04. The number of aryl methyl sites for hydroxylation is 1. The summed E-state index contributed by atoms with van der Waals surface area (Å²) in [5.74, 6) is -0.397. The van der Waals surface area contributed by atoms with Gasteiger partial charge < -0.3 is 19.9 Å². The molecule has 0 bridgehead atoms. The number of nitrogens with zero attached hydrogens (tertiary/aromatic N) is 3. The van der Waals surface area contributed by atoms with Gasteiger partial charge in [0.05, 0.1) is 13.4 Å². The number of benzene rings is 3. The molecule has 2 amide bonds. The molecule has 44 heavy (non-hydrogen) atoms. The number of methoxy groups -OCH3 is 1. The Kier molecular flexibility index (Phi) is 8.91. The molecule has 5 rings (SSSR count). The number of hydrogen-bond acceptors (Lipinski definition) is 6. The van der Waals surface area contributed by atoms with E-state index in [1.807, 2.05) is 62.2 Å². The van der Waals surface area contributed by atoms with Gasteiger partial charge in [-0.25, -0.2) is 9.37 Å². The number of halogens is 1. The molecule has 9 nitrogen and oxygen atoms in total. The van der Waals surface area contributed by atoms with Gasteiger partial charge >= 0.3 is 0 Å². The number of nitrogens with one attached hydrogen (secondary N) is 2. The zero-order valence-electron chi connectivity index (χ0n) is 25.5. The molecular formula is C34H36FN5O4. The van der Waals surface area contributed by atoms with Crippen LogP contribution in [0.2, 0.25) is 0 Å². The van der Waals surface area contributed by atoms with Crippen LogP contribution in [-0.4, -0.2) is 53.0 Å². The van der Waals surface area contributed by atoms with Crippen LogP contribution in [0.3, 0.4) is 0 Å². The summed E-state index contributed by atoms with van der Waals surface area (Å²) in [6.45, 7) is 4.85. The smallest absolute Gasteiger partial charge is 0.265 e. The summed E-state index contributed by atoms with van der Waals surface area (Å²) in [5, 5.41) is 5.81. The van der Waals surface area contributed by atoms with Crippen molar-refractivity contribution < 1.29 is 18.7 Å². The van der Waals surface area contributed by atoms with Crippen molar-refractivity contribution >= 4 is 17.5 Å². The van der Waals surface area contributed by atoms with E-state index in [0.717, 1.165) is 34.2 Å². The van der Waals surface area contributed by atoms with Crippen molar-refractivity contribution in [2.24, 2.45) is 7.05 Å². The summed E-state index contributed by atoms with van der Waals surface area (Å²) in [6.07, 6.45) is 3.91. The quantitative estimate of drug-likeness (QED) is 0.286. The van der Waals surface area contributed by atoms with Crippen LogP contribution >= 0.6 is 0 Å². The molecule has 0 radical (unpaired) electrons. The predicted octanol–water partition coefficient (Wildman–Crippen LogP) is 4.84. The molecule has 4 aromatic rings. The summed E-state index contributed by atoms with van der Waals surface area (Å²) in [7, 11) is 4.98. The fraction of sp³-hybridized carbons (Fsp3) is 0.294. The number of aromatic nitrogens is 2. The monoisotopic (exact) mass is 597 g/mol. The topological polar surface area (TPSA) is 106 Å². The zero-order chi connectivity index (χ0) is 31.5. The van der Waals surface area contributed by atoms with Gasteiger partial charge in [-0.05, 0) is 78.9 Å². The first kappa shape index (κ1) is 30.6. The van der Waals surface area contributed by atoms with Crippen LogP contribution < -0.4 is 20.9 Å². The Labute approximate surface area is 255 Å². The third kappa shape index (κ3) is 6.26. The number of ether oxygens (including phenoxy) is 1. The molecule has 2 heterocycles. The molecule has 2 N–H and O–H groups in total. The minimum absolute atomic E-state index is 0.0473. The maximum Gasteiger partial charge on any atom is 0.265 e. The Morgan fingerprint density at radius 2 is 1.82 bits per heavy atom. The summed E-state index contributed by atoms with van der Waals surface area (Å²) in [5.41, 5.74) is 5.66. The van der Waals surface area contributed by atoms with Crippen LogP contribution in [-0.2, 0) is 18.4 Å². The Bertz CT molecular complexity index is 1800. The molecule has 1 saturated heterocycles. The molecule has 3 aromatic carbocycles. The summed E-state index contributed by atoms with van der Waals surface area (Å²) in [6, 6.07) is 14.9. The zero-order valence-corrected chi connectivity index (χ0v) is 25.5. The number of anilines is 1. The van der Waals surface area contributed by atoms with E-state index in [0.29, 0.717) is 42.1 Å². The number of amides is 2. The van der Waals surface area contributed by atoms with Crippen LogP contribution in [0.1, 0.15) is 39.9 Å². The fourth-order valence-corrected chi connectivity index (χ4v) is 5.78. The van der Waals surface area contributed by atoms with Crippen molar-refractivity contribution in [3.63, 3.8) is 0 Å². The van der Waals surface area contributed by atoms with E-state index in [9.17, 15) is 14.4 Å². The third-order valence-electron chi connectivity index (χ3n) is 8.18. The first-order chi connectivity index (χ1) is 21.1. The largest absolute Gasteiger partial charge is 0.496 e. The highest BCUT2D eigenvalue weighted by Gasteiger charge is 2.24. The molecule has 228 valence electrons. The summed E-state index contributed by atoms with van der Waals surface area (Å²) < 4.78 is 22.6. The molecule has 0 spiro atoms. The fourth-order valence-electron chi connectivity index (χ4n) is 5.78. The lowest BCUT2D eigenvalue weighted by molar-refractivity contribution is -0.119. The number of hydrogen-bond donors (Lipinski definition) is 2. The minimum Gasteiger partial charge on any atom is -0.496 e. The van der Waals surface area contributed by atoms with Crippen molar-refractivity contribution in [3.8, 4) is 28.0 Å². The van der Waals surface area contributed by atoms with E-state index < -0.39 is 11.5 Å². The first-order valence-electron chi connectivity index (χ1n) is 14.4. The van der Waals surface area contributed by atoms with Gasteiger partial charge in [0.25, 0.3) is 11.5 Å². The lowest BCUT2D eigenvalue weighted by atomic mass is 9.90. The van der Waals surface area contributed by atoms with Crippen molar-refractivity contribution in [1.82, 2.24) is 19.8 Å². The normalized spacial score (nSPS) is 14.5. The van der Waals surface area contributed by atoms with Crippen molar-refractivity contribution in [1.29, 1.82) is 0 Å². The number of carbonyl (C=O) groups excluding carboxylic acids is 2. The van der Waals surface area contributed by atoms with Gasteiger partial charge in [-0.3, -0.25) is 19.3 Å². The predicted molar refractivity (Wildman–Crippen MR) is 168 cm³/mol. The molecule has 1 aromatic heterocycles. The summed E-state index contributed by atoms with van der Waals surface area (Å²) in [4.78, 5) is 42.9. The SMILES string of the molecule is COc1cc(-c2cccc(-c3cccc(NC(=O)c4cncn(C)c4=O)c3C)c2C)cc(F)c1CN(C)C[C@H]1CCC(=O)N1. The molecule has 1 aliphatic rings. The molecule has 1 atom stereocenters. The van der Waals surface area contributed by atoms with Gasteiger partial charge in [-0.15, -0.1) is 0 Å². The number of likely N-dealkylation sites (N-methyl/N-ethyl adjacent to an activating group) is 1. The van der Waals surface area contributed by atoms with Gasteiger partial charge in [-0.2, -0.15) is 0 Å². The maximum atomic E-state index is 15.7. The second-order valence-corrected chi connectivity index (χ2v) is 11.3. The van der Waals surface area contributed by atoms with E-state index in [1.54, 1.807) is 13.1 Å². The van der Waals surface area contributed by atoms with E-state index in [-0.39, 0.29) is 23.3 Å². The van der Waals surface area contributed by atoms with E-state index in [1.165, 1.54) is 30.3 Å². The lowest BCUT2D eigenvalue weighted by Crippen LogP contribution is -2.36. The second-order valence-electron chi connectivity index (χ2n) is 11.3. The first-order valence-corrected chi connectivity index (χ1v) is 14.4. The van der Waals surface area contributed by atoms with Gasteiger partial charge in [0.15, 0.2) is 0 Å². The van der Waals surface area contributed by atoms with Gasteiger partial charge in [0.1, 0.15) is 17.1 Å². The van der Waals surface area contributed by atoms with E-state index in [2.05, 4.69) is 15.6 Å². The Morgan fingerprint density at radius 1 is 1.11 bits per heavy atom. The van der Waals surface area contributed by atoms with Crippen molar-refractivity contribution in [3.05, 3.63) is 99.5 Å². The van der Waals surface area contributed by atoms with Crippen molar-refractivity contribution in [2.45, 2.75) is 39.3 Å². The Hall–Kier alpha value is -4.83. The Balaban J connectivity index is 1.43. The lowest BCUT2D eigenvalue weighted by Gasteiger charge is -2.23. The standard InChI is InChI=1S/C34H36FN5O4/c1-20-24(22-14-29(35)28(31(15-22)44-5)18-39(3)17-23-12-13-32(41)37-23)8-6-9-25(20)26-10-7-11-30(21(26)2)38-33(42)27-16-36-19-40(4)34(27)43/h6-11,14-16,19,23H,12-13,17-18H2,1-5H3,(H,37,41)(H,38,42)/t23-/m1/s1. The highest BCUT2D eigenvalue weighted by Crippen LogP contribution is 2.38. The van der Waals surface area contributed by atoms with Crippen molar-refractivity contribution in [2.75, 3.05) is 26.0 Å². The van der Waals surface area contributed by atoms with Gasteiger partial charge in [-0.1, -0.05) is 30.3 Å². The molecule has 0 saturated carbocycles. The van der Waals surface area contributed by atoms with Crippen LogP contribution in [0.25, 0.3) is 22.3 Å². The van der Waals surface area contributed by atoms with Crippen LogP contribution in [0.15, 0.2) is 65.8 Å². The molecular weight excluding hydrogens is 561 g/mol. The number of rotatable bonds is 9. The van der Waals surface area contributed by atoms with Gasteiger partial charge in [0, 0.05) is 50.0 Å². The average molecular weight is 598 g/mol. The minimum atomic E-state index is -0.536. The van der Waals surface area contributed by atoms with Crippen LogP contribution in [0.5, 0.6) is 5.75 Å². The number of carbonyl (C=O) groups is 2. The molecule has 10 heteroatoms. The highest BCUT2D eigenvalue weighted by atomic mass is 19.1. The summed E-state index contributed by atoms with van der Waals surface area (Å²) >= 11 is 0. The second kappa shape index (κ2) is 12.8. The average Bonchev–Trinajstić information content (AvgIpc) is 3.40. The van der Waals surface area contributed by atoms with E-state index >= 15 is 4.39 Å².